The van der Waals surface area contributed by atoms with Crippen LogP contribution in [-0.2, 0) is 4.79 Å². The van der Waals surface area contributed by atoms with Crippen LogP contribution in [-0.4, -0.2) is 11.9 Å². The first kappa shape index (κ1) is 13.0. The number of primary amides is 1. The molecule has 96 valence electrons. The number of nitrogens with zero attached hydrogens (tertiary/aromatic N) is 1. The first-order valence-electron chi connectivity index (χ1n) is 5.58. The summed E-state index contributed by atoms with van der Waals surface area (Å²) in [6.07, 6.45) is 2.98. The highest BCUT2D eigenvalue weighted by Crippen LogP contribution is 2.21. The van der Waals surface area contributed by atoms with Gasteiger partial charge >= 0.3 is 6.03 Å². The molecule has 0 bridgehead atoms. The molecule has 0 saturated carbocycles. The van der Waals surface area contributed by atoms with Crippen LogP contribution in [0.3, 0.4) is 0 Å². The van der Waals surface area contributed by atoms with Crippen LogP contribution >= 0.6 is 11.3 Å². The molecule has 0 saturated heterocycles. The van der Waals surface area contributed by atoms with Gasteiger partial charge in [-0.15, -0.1) is 11.3 Å². The van der Waals surface area contributed by atoms with Crippen LogP contribution < -0.4 is 10.6 Å². The summed E-state index contributed by atoms with van der Waals surface area (Å²) in [4.78, 5) is 24.3. The molecule has 0 atom stereocenters. The van der Waals surface area contributed by atoms with Gasteiger partial charge in [0.25, 0.3) is 5.91 Å². The Hall–Kier alpha value is -2.40. The second-order valence-electron chi connectivity index (χ2n) is 3.71. The van der Waals surface area contributed by atoms with Crippen molar-refractivity contribution in [3.63, 3.8) is 0 Å². The SMILES string of the molecule is NC(=O)N(C(=O)C=Cc1ccccc1)c1cccs1. The standard InChI is InChI=1S/C14H12N2O2S/c15-14(18)16(13-7-4-10-19-13)12(17)9-8-11-5-2-1-3-6-11/h1-10H,(H2,15,18). The Kier molecular flexibility index (Phi) is 4.10. The summed E-state index contributed by atoms with van der Waals surface area (Å²) in [6, 6.07) is 12.0. The normalized spacial score (nSPS) is 10.5. The maximum atomic E-state index is 12.0. The summed E-state index contributed by atoms with van der Waals surface area (Å²) in [7, 11) is 0. The number of amides is 3. The second kappa shape index (κ2) is 5.97. The van der Waals surface area contributed by atoms with Gasteiger partial charge in [0.2, 0.25) is 0 Å². The zero-order valence-electron chi connectivity index (χ0n) is 10.0. The third kappa shape index (κ3) is 3.29. The Morgan fingerprint density at radius 2 is 1.84 bits per heavy atom. The van der Waals surface area contributed by atoms with E-state index in [1.807, 2.05) is 30.3 Å². The lowest BCUT2D eigenvalue weighted by atomic mass is 10.2. The minimum Gasteiger partial charge on any atom is -0.351 e. The predicted molar refractivity (Wildman–Crippen MR) is 76.9 cm³/mol. The molecule has 5 heteroatoms. The van der Waals surface area contributed by atoms with Crippen molar-refractivity contribution in [2.45, 2.75) is 0 Å². The molecule has 4 nitrogen and oxygen atoms in total. The first-order chi connectivity index (χ1) is 9.18. The molecule has 0 spiro atoms. The van der Waals surface area contributed by atoms with Gasteiger partial charge in [-0.05, 0) is 29.2 Å². The van der Waals surface area contributed by atoms with E-state index in [9.17, 15) is 9.59 Å². The van der Waals surface area contributed by atoms with Gasteiger partial charge in [-0.25, -0.2) is 9.69 Å². The van der Waals surface area contributed by atoms with Crippen molar-refractivity contribution >= 4 is 34.4 Å². The molecule has 0 aliphatic rings. The Morgan fingerprint density at radius 1 is 1.11 bits per heavy atom. The molecular formula is C14H12N2O2S. The number of carbonyl (C=O) groups is 2. The maximum Gasteiger partial charge on any atom is 0.327 e. The van der Waals surface area contributed by atoms with Crippen LogP contribution in [0.1, 0.15) is 5.56 Å². The van der Waals surface area contributed by atoms with Crippen LogP contribution in [0.25, 0.3) is 6.08 Å². The van der Waals surface area contributed by atoms with E-state index in [2.05, 4.69) is 0 Å². The summed E-state index contributed by atoms with van der Waals surface area (Å²) in [5, 5.41) is 2.29. The average Bonchev–Trinajstić information content (AvgIpc) is 2.91. The van der Waals surface area contributed by atoms with Crippen molar-refractivity contribution in [3.8, 4) is 0 Å². The fourth-order valence-electron chi connectivity index (χ4n) is 1.53. The lowest BCUT2D eigenvalue weighted by Crippen LogP contribution is -2.39. The minimum absolute atomic E-state index is 0.459. The van der Waals surface area contributed by atoms with Crippen molar-refractivity contribution in [2.24, 2.45) is 5.73 Å². The fraction of sp³-hybridized carbons (Fsp3) is 0. The number of imide groups is 1. The third-order valence-corrected chi connectivity index (χ3v) is 3.24. The van der Waals surface area contributed by atoms with E-state index in [0.29, 0.717) is 5.00 Å². The molecule has 1 heterocycles. The molecule has 0 radical (unpaired) electrons. The molecule has 0 fully saturated rings. The van der Waals surface area contributed by atoms with E-state index in [0.717, 1.165) is 10.5 Å². The highest BCUT2D eigenvalue weighted by Gasteiger charge is 2.19. The summed E-state index contributed by atoms with van der Waals surface area (Å²) in [5.74, 6) is -0.459. The third-order valence-electron chi connectivity index (χ3n) is 2.39. The smallest absolute Gasteiger partial charge is 0.327 e. The Labute approximate surface area is 114 Å². The van der Waals surface area contributed by atoms with Gasteiger partial charge in [0.15, 0.2) is 0 Å². The Morgan fingerprint density at radius 3 is 2.42 bits per heavy atom. The van der Waals surface area contributed by atoms with Gasteiger partial charge in [-0.3, -0.25) is 4.79 Å². The first-order valence-corrected chi connectivity index (χ1v) is 6.46. The van der Waals surface area contributed by atoms with Crippen molar-refractivity contribution in [2.75, 3.05) is 4.90 Å². The van der Waals surface area contributed by atoms with Gasteiger partial charge in [0, 0.05) is 6.08 Å². The molecular weight excluding hydrogens is 260 g/mol. The highest BCUT2D eigenvalue weighted by molar-refractivity contribution is 7.14. The number of benzene rings is 1. The zero-order valence-corrected chi connectivity index (χ0v) is 10.8. The lowest BCUT2D eigenvalue weighted by Gasteiger charge is -2.13. The Balaban J connectivity index is 2.18. The Bertz CT molecular complexity index is 591. The summed E-state index contributed by atoms with van der Waals surface area (Å²) < 4.78 is 0. The van der Waals surface area contributed by atoms with Crippen molar-refractivity contribution in [1.29, 1.82) is 0 Å². The number of hydrogen-bond acceptors (Lipinski definition) is 3. The quantitative estimate of drug-likeness (QED) is 0.873. The molecule has 1 aromatic heterocycles. The molecule has 2 rings (SSSR count). The number of urea groups is 1. The van der Waals surface area contributed by atoms with Crippen LogP contribution in [0.5, 0.6) is 0 Å². The molecule has 2 aromatic rings. The number of carbonyl (C=O) groups excluding carboxylic acids is 2. The predicted octanol–water partition coefficient (Wildman–Crippen LogP) is 2.87. The average molecular weight is 272 g/mol. The topological polar surface area (TPSA) is 63.4 Å². The number of thiophene rings is 1. The number of anilines is 1. The van der Waals surface area contributed by atoms with Crippen LogP contribution in [0, 0.1) is 0 Å². The molecule has 0 unspecified atom stereocenters. The second-order valence-corrected chi connectivity index (χ2v) is 4.63. The fourth-order valence-corrected chi connectivity index (χ4v) is 2.27. The number of rotatable bonds is 3. The van der Waals surface area contributed by atoms with Gasteiger partial charge in [0.1, 0.15) is 5.00 Å². The van der Waals surface area contributed by atoms with Crippen molar-refractivity contribution in [1.82, 2.24) is 0 Å². The van der Waals surface area contributed by atoms with Crippen LogP contribution in [0.2, 0.25) is 0 Å². The highest BCUT2D eigenvalue weighted by atomic mass is 32.1. The molecule has 19 heavy (non-hydrogen) atoms. The lowest BCUT2D eigenvalue weighted by molar-refractivity contribution is -0.113. The molecule has 0 aliphatic heterocycles. The van der Waals surface area contributed by atoms with E-state index in [4.69, 9.17) is 5.73 Å². The summed E-state index contributed by atoms with van der Waals surface area (Å²) in [5.41, 5.74) is 6.12. The summed E-state index contributed by atoms with van der Waals surface area (Å²) >= 11 is 1.28. The van der Waals surface area contributed by atoms with Gasteiger partial charge in [-0.1, -0.05) is 30.3 Å². The molecule has 0 aliphatic carbocycles. The molecule has 1 aromatic carbocycles. The van der Waals surface area contributed by atoms with Crippen molar-refractivity contribution < 1.29 is 9.59 Å². The largest absolute Gasteiger partial charge is 0.351 e. The maximum absolute atomic E-state index is 12.0. The monoisotopic (exact) mass is 272 g/mol. The van der Waals surface area contributed by atoms with E-state index in [1.54, 1.807) is 23.6 Å². The summed E-state index contributed by atoms with van der Waals surface area (Å²) in [6.45, 7) is 0. The van der Waals surface area contributed by atoms with E-state index >= 15 is 0 Å². The van der Waals surface area contributed by atoms with Gasteiger partial charge < -0.3 is 5.73 Å². The zero-order chi connectivity index (χ0) is 13.7. The van der Waals surface area contributed by atoms with E-state index < -0.39 is 11.9 Å². The van der Waals surface area contributed by atoms with Crippen molar-refractivity contribution in [3.05, 3.63) is 59.5 Å². The van der Waals surface area contributed by atoms with E-state index in [-0.39, 0.29) is 0 Å². The van der Waals surface area contributed by atoms with Crippen LogP contribution in [0.4, 0.5) is 9.80 Å². The number of nitrogens with two attached hydrogens (primary N) is 1. The minimum atomic E-state index is -0.787. The molecule has 2 N–H and O–H groups in total. The van der Waals surface area contributed by atoms with Crippen LogP contribution in [0.15, 0.2) is 53.9 Å². The van der Waals surface area contributed by atoms with Gasteiger partial charge in [0.05, 0.1) is 0 Å². The van der Waals surface area contributed by atoms with Gasteiger partial charge in [-0.2, -0.15) is 0 Å². The van der Waals surface area contributed by atoms with E-state index in [1.165, 1.54) is 17.4 Å². The molecule has 3 amide bonds. The number of hydrogen-bond donors (Lipinski definition) is 1.